The van der Waals surface area contributed by atoms with Crippen LogP contribution in [0.25, 0.3) is 0 Å². The van der Waals surface area contributed by atoms with Gasteiger partial charge in [-0.15, -0.1) is 0 Å². The summed E-state index contributed by atoms with van der Waals surface area (Å²) in [5.41, 5.74) is 3.01. The molecule has 2 amide bonds. The molecule has 0 aliphatic carbocycles. The molecule has 6 heteroatoms. The van der Waals surface area contributed by atoms with E-state index in [9.17, 15) is 9.59 Å². The summed E-state index contributed by atoms with van der Waals surface area (Å²) in [6.07, 6.45) is 0. The quantitative estimate of drug-likeness (QED) is 0.511. The number of benzene rings is 3. The van der Waals surface area contributed by atoms with Crippen molar-refractivity contribution < 1.29 is 9.59 Å². The Hall–Kier alpha value is -3.12. The molecular formula is C22H20BrN3O2. The van der Waals surface area contributed by atoms with E-state index >= 15 is 0 Å². The summed E-state index contributed by atoms with van der Waals surface area (Å²) in [5.74, 6) is -0.326. The van der Waals surface area contributed by atoms with Crippen molar-refractivity contribution in [2.24, 2.45) is 0 Å². The number of carbonyl (C=O) groups is 2. The lowest BCUT2D eigenvalue weighted by Crippen LogP contribution is -2.23. The topological polar surface area (TPSA) is 70.2 Å². The average Bonchev–Trinajstić information content (AvgIpc) is 2.73. The highest BCUT2D eigenvalue weighted by Crippen LogP contribution is 2.14. The summed E-state index contributed by atoms with van der Waals surface area (Å²) >= 11 is 3.36. The van der Waals surface area contributed by atoms with Crippen LogP contribution in [-0.2, 0) is 11.3 Å². The monoisotopic (exact) mass is 437 g/mol. The zero-order valence-corrected chi connectivity index (χ0v) is 16.7. The lowest BCUT2D eigenvalue weighted by Gasteiger charge is -2.10. The predicted molar refractivity (Wildman–Crippen MR) is 115 cm³/mol. The summed E-state index contributed by atoms with van der Waals surface area (Å²) in [5, 5.41) is 8.75. The molecule has 0 bridgehead atoms. The van der Waals surface area contributed by atoms with Crippen LogP contribution in [-0.4, -0.2) is 18.4 Å². The van der Waals surface area contributed by atoms with Gasteiger partial charge in [0, 0.05) is 28.0 Å². The molecule has 0 aliphatic rings. The van der Waals surface area contributed by atoms with Gasteiger partial charge in [0.2, 0.25) is 5.91 Å². The van der Waals surface area contributed by atoms with Crippen LogP contribution in [0.4, 0.5) is 11.4 Å². The number of nitrogens with one attached hydrogen (secondary N) is 3. The van der Waals surface area contributed by atoms with Crippen LogP contribution in [0.2, 0.25) is 0 Å². The van der Waals surface area contributed by atoms with E-state index in [1.807, 2.05) is 60.7 Å². The Bertz CT molecular complexity index is 944. The van der Waals surface area contributed by atoms with Crippen LogP contribution in [0, 0.1) is 0 Å². The van der Waals surface area contributed by atoms with E-state index in [0.29, 0.717) is 17.8 Å². The molecule has 3 N–H and O–H groups in total. The number of halogens is 1. The fourth-order valence-corrected chi connectivity index (χ4v) is 2.84. The van der Waals surface area contributed by atoms with Crippen LogP contribution in [0.15, 0.2) is 83.3 Å². The van der Waals surface area contributed by atoms with Gasteiger partial charge in [-0.05, 0) is 48.0 Å². The maximum Gasteiger partial charge on any atom is 0.251 e. The molecule has 0 saturated carbocycles. The Morgan fingerprint density at radius 2 is 1.57 bits per heavy atom. The van der Waals surface area contributed by atoms with E-state index < -0.39 is 0 Å². The van der Waals surface area contributed by atoms with Crippen LogP contribution < -0.4 is 16.0 Å². The van der Waals surface area contributed by atoms with Gasteiger partial charge in [-0.3, -0.25) is 9.59 Å². The summed E-state index contributed by atoms with van der Waals surface area (Å²) in [4.78, 5) is 24.4. The number of hydrogen-bond donors (Lipinski definition) is 3. The molecule has 3 aromatic carbocycles. The lowest BCUT2D eigenvalue weighted by molar-refractivity contribution is -0.114. The summed E-state index contributed by atoms with van der Waals surface area (Å²) in [7, 11) is 0. The van der Waals surface area contributed by atoms with E-state index in [2.05, 4.69) is 31.9 Å². The second kappa shape index (κ2) is 9.71. The number of rotatable bonds is 7. The van der Waals surface area contributed by atoms with Gasteiger partial charge in [0.1, 0.15) is 0 Å². The molecular weight excluding hydrogens is 418 g/mol. The Morgan fingerprint density at radius 3 is 2.32 bits per heavy atom. The van der Waals surface area contributed by atoms with Gasteiger partial charge in [0.05, 0.1) is 6.54 Å². The zero-order valence-electron chi connectivity index (χ0n) is 15.1. The van der Waals surface area contributed by atoms with E-state index in [-0.39, 0.29) is 18.4 Å². The van der Waals surface area contributed by atoms with Crippen LogP contribution in [0.5, 0.6) is 0 Å². The molecule has 142 valence electrons. The van der Waals surface area contributed by atoms with Gasteiger partial charge in [-0.25, -0.2) is 0 Å². The summed E-state index contributed by atoms with van der Waals surface area (Å²) in [6.45, 7) is 0.568. The first-order valence-corrected chi connectivity index (χ1v) is 9.61. The van der Waals surface area contributed by atoms with E-state index in [4.69, 9.17) is 0 Å². The molecule has 0 atom stereocenters. The summed E-state index contributed by atoms with van der Waals surface area (Å²) in [6, 6.07) is 24.2. The highest BCUT2D eigenvalue weighted by molar-refractivity contribution is 9.10. The summed E-state index contributed by atoms with van der Waals surface area (Å²) < 4.78 is 0.950. The van der Waals surface area contributed by atoms with Crippen molar-refractivity contribution in [1.29, 1.82) is 0 Å². The maximum absolute atomic E-state index is 12.4. The van der Waals surface area contributed by atoms with Crippen molar-refractivity contribution in [1.82, 2.24) is 5.32 Å². The van der Waals surface area contributed by atoms with Gasteiger partial charge in [0.15, 0.2) is 0 Å². The minimum atomic E-state index is -0.166. The number of hydrogen-bond acceptors (Lipinski definition) is 3. The average molecular weight is 438 g/mol. The van der Waals surface area contributed by atoms with Gasteiger partial charge >= 0.3 is 0 Å². The van der Waals surface area contributed by atoms with Crippen molar-refractivity contribution in [2.45, 2.75) is 6.54 Å². The first-order chi connectivity index (χ1) is 13.6. The highest BCUT2D eigenvalue weighted by atomic mass is 79.9. The SMILES string of the molecule is O=C(CNc1cccc(C(=O)NCc2ccccc2)c1)Nc1ccc(Br)cc1. The third kappa shape index (κ3) is 5.96. The molecule has 0 saturated heterocycles. The molecule has 28 heavy (non-hydrogen) atoms. The van der Waals surface area contributed by atoms with E-state index in [0.717, 1.165) is 15.7 Å². The molecule has 5 nitrogen and oxygen atoms in total. The van der Waals surface area contributed by atoms with Gasteiger partial charge in [-0.1, -0.05) is 52.3 Å². The third-order valence-electron chi connectivity index (χ3n) is 4.00. The fraction of sp³-hybridized carbons (Fsp3) is 0.0909. The minimum absolute atomic E-state index is 0.102. The molecule has 0 fully saturated rings. The van der Waals surface area contributed by atoms with Gasteiger partial charge < -0.3 is 16.0 Å². The Balaban J connectivity index is 1.51. The molecule has 0 radical (unpaired) electrons. The lowest BCUT2D eigenvalue weighted by atomic mass is 10.1. The third-order valence-corrected chi connectivity index (χ3v) is 4.53. The Kier molecular flexibility index (Phi) is 6.81. The number of amides is 2. The van der Waals surface area contributed by atoms with Crippen LogP contribution in [0.1, 0.15) is 15.9 Å². The molecule has 3 rings (SSSR count). The highest BCUT2D eigenvalue weighted by Gasteiger charge is 2.07. The predicted octanol–water partition coefficient (Wildman–Crippen LogP) is 4.43. The first kappa shape index (κ1) is 19.6. The normalized spacial score (nSPS) is 10.2. The first-order valence-electron chi connectivity index (χ1n) is 8.81. The Morgan fingerprint density at radius 1 is 0.821 bits per heavy atom. The Labute approximate surface area is 172 Å². The van der Waals surface area contributed by atoms with Crippen molar-refractivity contribution in [3.05, 3.63) is 94.5 Å². The molecule has 3 aromatic rings. The molecule has 0 heterocycles. The van der Waals surface area contributed by atoms with Crippen LogP contribution in [0.3, 0.4) is 0 Å². The smallest absolute Gasteiger partial charge is 0.251 e. The van der Waals surface area contributed by atoms with Crippen molar-refractivity contribution in [3.8, 4) is 0 Å². The largest absolute Gasteiger partial charge is 0.376 e. The van der Waals surface area contributed by atoms with E-state index in [1.165, 1.54) is 0 Å². The zero-order chi connectivity index (χ0) is 19.8. The second-order valence-corrected chi connectivity index (χ2v) is 7.07. The standard InChI is InChI=1S/C22H20BrN3O2/c23-18-9-11-19(12-10-18)26-21(27)15-24-20-8-4-7-17(13-20)22(28)25-14-16-5-2-1-3-6-16/h1-13,24H,14-15H2,(H,25,28)(H,26,27). The molecule has 0 aromatic heterocycles. The van der Waals surface area contributed by atoms with Gasteiger partial charge in [0.25, 0.3) is 5.91 Å². The molecule has 0 spiro atoms. The van der Waals surface area contributed by atoms with Crippen molar-refractivity contribution in [2.75, 3.05) is 17.2 Å². The number of anilines is 2. The minimum Gasteiger partial charge on any atom is -0.376 e. The number of carbonyl (C=O) groups excluding carboxylic acids is 2. The van der Waals surface area contributed by atoms with Crippen molar-refractivity contribution >= 4 is 39.1 Å². The molecule has 0 aliphatic heterocycles. The fourth-order valence-electron chi connectivity index (χ4n) is 2.57. The van der Waals surface area contributed by atoms with Crippen molar-refractivity contribution in [3.63, 3.8) is 0 Å². The molecule has 0 unspecified atom stereocenters. The second-order valence-electron chi connectivity index (χ2n) is 6.16. The van der Waals surface area contributed by atoms with E-state index in [1.54, 1.807) is 18.2 Å². The maximum atomic E-state index is 12.4. The van der Waals surface area contributed by atoms with Gasteiger partial charge in [-0.2, -0.15) is 0 Å². The van der Waals surface area contributed by atoms with Crippen LogP contribution >= 0.6 is 15.9 Å².